The number of guanidine groups is 1. The number of sulfonamides is 1. The maximum absolute atomic E-state index is 12.9. The third kappa shape index (κ3) is 6.62. The van der Waals surface area contributed by atoms with E-state index in [-0.39, 0.29) is 5.82 Å². The summed E-state index contributed by atoms with van der Waals surface area (Å²) < 4.78 is 37.6. The van der Waals surface area contributed by atoms with Crippen molar-refractivity contribution in [2.24, 2.45) is 10.9 Å². The van der Waals surface area contributed by atoms with E-state index in [0.717, 1.165) is 37.5 Å². The van der Waals surface area contributed by atoms with Crippen molar-refractivity contribution < 1.29 is 12.8 Å². The van der Waals surface area contributed by atoms with Gasteiger partial charge in [0.25, 0.3) is 0 Å². The monoisotopic (exact) mass is 370 g/mol. The highest BCUT2D eigenvalue weighted by atomic mass is 32.2. The highest BCUT2D eigenvalue weighted by Crippen LogP contribution is 2.18. The molecule has 8 heteroatoms. The summed E-state index contributed by atoms with van der Waals surface area (Å²) in [5.41, 5.74) is 0.945. The molecule has 2 rings (SSSR count). The summed E-state index contributed by atoms with van der Waals surface area (Å²) in [7, 11) is -3.08. The number of benzene rings is 1. The second kappa shape index (κ2) is 9.15. The van der Waals surface area contributed by atoms with Crippen LogP contribution in [-0.4, -0.2) is 51.1 Å². The molecular formula is C17H27FN4O2S. The Labute approximate surface area is 149 Å². The zero-order valence-electron chi connectivity index (χ0n) is 14.8. The van der Waals surface area contributed by atoms with E-state index in [4.69, 9.17) is 0 Å². The lowest BCUT2D eigenvalue weighted by atomic mass is 9.98. The fourth-order valence-electron chi connectivity index (χ4n) is 2.79. The molecule has 1 heterocycles. The average Bonchev–Trinajstić information content (AvgIpc) is 2.58. The lowest BCUT2D eigenvalue weighted by Gasteiger charge is -2.30. The van der Waals surface area contributed by atoms with Crippen LogP contribution >= 0.6 is 0 Å². The molecule has 0 radical (unpaired) electrons. The molecule has 0 spiro atoms. The predicted octanol–water partition coefficient (Wildman–Crippen LogP) is 1.55. The van der Waals surface area contributed by atoms with Gasteiger partial charge in [0, 0.05) is 26.2 Å². The van der Waals surface area contributed by atoms with E-state index in [1.165, 1.54) is 22.7 Å². The number of nitrogens with zero attached hydrogens (tertiary/aromatic N) is 2. The zero-order valence-corrected chi connectivity index (χ0v) is 15.7. The number of nitrogens with one attached hydrogen (secondary N) is 2. The first-order chi connectivity index (χ1) is 11.9. The topological polar surface area (TPSA) is 73.8 Å². The van der Waals surface area contributed by atoms with E-state index < -0.39 is 10.0 Å². The zero-order chi connectivity index (χ0) is 18.3. The van der Waals surface area contributed by atoms with Gasteiger partial charge in [0.05, 0.1) is 12.8 Å². The van der Waals surface area contributed by atoms with Crippen LogP contribution in [0.25, 0.3) is 0 Å². The minimum absolute atomic E-state index is 0.252. The smallest absolute Gasteiger partial charge is 0.211 e. The summed E-state index contributed by atoms with van der Waals surface area (Å²) in [4.78, 5) is 4.52. The molecule has 2 N–H and O–H groups in total. The van der Waals surface area contributed by atoms with Crippen LogP contribution < -0.4 is 10.6 Å². The standard InChI is InChI=1S/C17H27FN4O2S/c1-3-19-17(20-12-14-4-6-16(18)7-5-14)21-13-15-8-10-22(11-9-15)25(2,23)24/h4-7,15H,3,8-13H2,1-2H3,(H2,19,20,21). The van der Waals surface area contributed by atoms with Gasteiger partial charge in [-0.3, -0.25) is 0 Å². The number of aliphatic imine (C=N–C) groups is 1. The minimum atomic E-state index is -3.08. The van der Waals surface area contributed by atoms with Gasteiger partial charge in [0.2, 0.25) is 10.0 Å². The normalized spacial score (nSPS) is 17.5. The molecule has 0 unspecified atom stereocenters. The Kier molecular flexibility index (Phi) is 7.19. The summed E-state index contributed by atoms with van der Waals surface area (Å²) in [5.74, 6) is 0.892. The van der Waals surface area contributed by atoms with Crippen LogP contribution in [0.1, 0.15) is 25.3 Å². The van der Waals surface area contributed by atoms with Crippen LogP contribution in [0, 0.1) is 11.7 Å². The lowest BCUT2D eigenvalue weighted by Crippen LogP contribution is -2.44. The third-order valence-electron chi connectivity index (χ3n) is 4.28. The van der Waals surface area contributed by atoms with Crippen LogP contribution in [-0.2, 0) is 16.6 Å². The maximum Gasteiger partial charge on any atom is 0.211 e. The predicted molar refractivity (Wildman–Crippen MR) is 98.4 cm³/mol. The molecule has 0 aliphatic carbocycles. The van der Waals surface area contributed by atoms with E-state index in [1.807, 2.05) is 6.92 Å². The van der Waals surface area contributed by atoms with Gasteiger partial charge in [-0.25, -0.2) is 22.1 Å². The second-order valence-corrected chi connectivity index (χ2v) is 8.29. The Morgan fingerprint density at radius 1 is 1.24 bits per heavy atom. The van der Waals surface area contributed by atoms with Gasteiger partial charge in [0.15, 0.2) is 5.96 Å². The van der Waals surface area contributed by atoms with E-state index in [2.05, 4.69) is 15.6 Å². The number of rotatable bonds is 6. The Bertz CT molecular complexity index is 668. The van der Waals surface area contributed by atoms with Crippen LogP contribution in [0.5, 0.6) is 0 Å². The van der Waals surface area contributed by atoms with Crippen molar-refractivity contribution in [2.45, 2.75) is 26.3 Å². The molecule has 0 saturated carbocycles. The summed E-state index contributed by atoms with van der Waals surface area (Å²) in [6, 6.07) is 6.31. The van der Waals surface area contributed by atoms with Crippen molar-refractivity contribution in [2.75, 3.05) is 32.4 Å². The van der Waals surface area contributed by atoms with Gasteiger partial charge in [-0.1, -0.05) is 12.1 Å². The highest BCUT2D eigenvalue weighted by molar-refractivity contribution is 7.88. The fourth-order valence-corrected chi connectivity index (χ4v) is 3.66. The quantitative estimate of drug-likeness (QED) is 0.589. The van der Waals surface area contributed by atoms with Crippen LogP contribution in [0.4, 0.5) is 4.39 Å². The maximum atomic E-state index is 12.9. The van der Waals surface area contributed by atoms with Gasteiger partial charge >= 0.3 is 0 Å². The molecule has 1 aliphatic heterocycles. The van der Waals surface area contributed by atoms with Crippen molar-refractivity contribution in [1.29, 1.82) is 0 Å². The molecule has 0 amide bonds. The van der Waals surface area contributed by atoms with Crippen LogP contribution in [0.2, 0.25) is 0 Å². The number of halogens is 1. The lowest BCUT2D eigenvalue weighted by molar-refractivity contribution is 0.275. The van der Waals surface area contributed by atoms with E-state index >= 15 is 0 Å². The fraction of sp³-hybridized carbons (Fsp3) is 0.588. The number of hydrogen-bond donors (Lipinski definition) is 2. The summed E-state index contributed by atoms with van der Waals surface area (Å²) >= 11 is 0. The van der Waals surface area contributed by atoms with Crippen LogP contribution in [0.15, 0.2) is 29.3 Å². The molecule has 1 aromatic rings. The van der Waals surface area contributed by atoms with Gasteiger partial charge in [-0.2, -0.15) is 0 Å². The molecule has 0 atom stereocenters. The van der Waals surface area contributed by atoms with Crippen molar-refractivity contribution in [3.05, 3.63) is 35.6 Å². The minimum Gasteiger partial charge on any atom is -0.357 e. The number of hydrogen-bond acceptors (Lipinski definition) is 3. The molecule has 6 nitrogen and oxygen atoms in total. The van der Waals surface area contributed by atoms with Crippen molar-refractivity contribution in [1.82, 2.24) is 14.9 Å². The van der Waals surface area contributed by atoms with Gasteiger partial charge < -0.3 is 10.6 Å². The molecule has 0 bridgehead atoms. The molecule has 0 aromatic heterocycles. The molecule has 1 saturated heterocycles. The molecule has 1 fully saturated rings. The second-order valence-electron chi connectivity index (χ2n) is 6.31. The SMILES string of the molecule is CCNC(=NCc1ccc(F)cc1)NCC1CCN(S(C)(=O)=O)CC1. The summed E-state index contributed by atoms with van der Waals surface area (Å²) in [6.45, 7) is 5.14. The molecule has 140 valence electrons. The molecule has 1 aliphatic rings. The Morgan fingerprint density at radius 3 is 2.44 bits per heavy atom. The van der Waals surface area contributed by atoms with Crippen molar-refractivity contribution in [3.8, 4) is 0 Å². The first-order valence-corrected chi connectivity index (χ1v) is 10.4. The van der Waals surface area contributed by atoms with Gasteiger partial charge in [-0.15, -0.1) is 0 Å². The Morgan fingerprint density at radius 2 is 1.88 bits per heavy atom. The van der Waals surface area contributed by atoms with E-state index in [1.54, 1.807) is 12.1 Å². The first-order valence-electron chi connectivity index (χ1n) is 8.60. The van der Waals surface area contributed by atoms with Crippen molar-refractivity contribution >= 4 is 16.0 Å². The Hall–Kier alpha value is -1.67. The molecule has 25 heavy (non-hydrogen) atoms. The van der Waals surface area contributed by atoms with Crippen molar-refractivity contribution in [3.63, 3.8) is 0 Å². The Balaban J connectivity index is 1.83. The van der Waals surface area contributed by atoms with Gasteiger partial charge in [0.1, 0.15) is 5.82 Å². The number of piperidine rings is 1. The van der Waals surface area contributed by atoms with E-state index in [9.17, 15) is 12.8 Å². The molecular weight excluding hydrogens is 343 g/mol. The van der Waals surface area contributed by atoms with Gasteiger partial charge in [-0.05, 0) is 43.4 Å². The summed E-state index contributed by atoms with van der Waals surface area (Å²) in [5, 5.41) is 6.52. The highest BCUT2D eigenvalue weighted by Gasteiger charge is 2.24. The first kappa shape index (κ1) is 19.7. The average molecular weight is 370 g/mol. The summed E-state index contributed by atoms with van der Waals surface area (Å²) in [6.07, 6.45) is 2.95. The van der Waals surface area contributed by atoms with E-state index in [0.29, 0.717) is 25.6 Å². The molecule has 1 aromatic carbocycles. The van der Waals surface area contributed by atoms with Crippen LogP contribution in [0.3, 0.4) is 0 Å². The largest absolute Gasteiger partial charge is 0.357 e. The third-order valence-corrected chi connectivity index (χ3v) is 5.58.